The van der Waals surface area contributed by atoms with Crippen LogP contribution in [-0.4, -0.2) is 9.97 Å². The zero-order chi connectivity index (χ0) is 12.4. The van der Waals surface area contributed by atoms with Gasteiger partial charge in [0.05, 0.1) is 10.6 Å². The van der Waals surface area contributed by atoms with Crippen LogP contribution in [0.15, 0.2) is 24.3 Å². The number of nitrogen functional groups attached to an aromatic ring is 1. The molecule has 0 amide bonds. The Bertz CT molecular complexity index is 557. The van der Waals surface area contributed by atoms with Crippen molar-refractivity contribution in [2.75, 3.05) is 5.73 Å². The van der Waals surface area contributed by atoms with Gasteiger partial charge < -0.3 is 5.73 Å². The molecule has 0 atom stereocenters. The van der Waals surface area contributed by atoms with Crippen molar-refractivity contribution in [3.63, 3.8) is 0 Å². The molecule has 2 rings (SSSR count). The molecule has 0 radical (unpaired) electrons. The molecule has 0 unspecified atom stereocenters. The second-order valence-electron chi connectivity index (χ2n) is 3.56. The maximum Gasteiger partial charge on any atom is 0.164 e. The molecule has 17 heavy (non-hydrogen) atoms. The maximum absolute atomic E-state index is 13.8. The van der Waals surface area contributed by atoms with Gasteiger partial charge in [0.2, 0.25) is 0 Å². The van der Waals surface area contributed by atoms with Gasteiger partial charge >= 0.3 is 0 Å². The summed E-state index contributed by atoms with van der Waals surface area (Å²) in [5.41, 5.74) is 6.69. The van der Waals surface area contributed by atoms with Crippen molar-refractivity contribution >= 4 is 17.4 Å². The second-order valence-corrected chi connectivity index (χ2v) is 3.97. The standard InChI is InChI=1S/C12H11ClFN3/c1-2-7-6-10(15)17-12(16-7)8-4-3-5-9(13)11(8)14/h3-6H,2H2,1H3,(H2,15,16,17). The molecule has 0 aliphatic carbocycles. The highest BCUT2D eigenvalue weighted by molar-refractivity contribution is 6.31. The zero-order valence-corrected chi connectivity index (χ0v) is 10.0. The number of anilines is 1. The molecule has 0 bridgehead atoms. The van der Waals surface area contributed by atoms with Crippen molar-refractivity contribution in [1.82, 2.24) is 9.97 Å². The van der Waals surface area contributed by atoms with E-state index in [2.05, 4.69) is 9.97 Å². The van der Waals surface area contributed by atoms with Gasteiger partial charge in [-0.2, -0.15) is 0 Å². The molecule has 0 saturated heterocycles. The number of aromatic nitrogens is 2. The monoisotopic (exact) mass is 251 g/mol. The molecule has 0 saturated carbocycles. The summed E-state index contributed by atoms with van der Waals surface area (Å²) in [6.07, 6.45) is 0.710. The van der Waals surface area contributed by atoms with E-state index in [1.807, 2.05) is 6.92 Å². The fraction of sp³-hybridized carbons (Fsp3) is 0.167. The first-order valence-electron chi connectivity index (χ1n) is 5.19. The Labute approximate surface area is 103 Å². The van der Waals surface area contributed by atoms with Crippen molar-refractivity contribution in [3.05, 3.63) is 40.8 Å². The van der Waals surface area contributed by atoms with Crippen LogP contribution in [0.25, 0.3) is 11.4 Å². The lowest BCUT2D eigenvalue weighted by molar-refractivity contribution is 0.630. The first-order valence-corrected chi connectivity index (χ1v) is 5.57. The molecule has 0 aliphatic heterocycles. The van der Waals surface area contributed by atoms with Crippen LogP contribution < -0.4 is 5.73 Å². The van der Waals surface area contributed by atoms with Gasteiger partial charge in [0.25, 0.3) is 0 Å². The molecule has 2 aromatic rings. The number of benzene rings is 1. The Morgan fingerprint density at radius 3 is 2.82 bits per heavy atom. The van der Waals surface area contributed by atoms with Crippen LogP contribution in [-0.2, 0) is 6.42 Å². The van der Waals surface area contributed by atoms with Gasteiger partial charge in [-0.1, -0.05) is 24.6 Å². The molecule has 0 spiro atoms. The molecule has 1 heterocycles. The van der Waals surface area contributed by atoms with Gasteiger partial charge in [0.15, 0.2) is 11.6 Å². The molecule has 1 aromatic heterocycles. The van der Waals surface area contributed by atoms with Gasteiger partial charge in [0.1, 0.15) is 5.82 Å². The number of halogens is 2. The van der Waals surface area contributed by atoms with E-state index in [4.69, 9.17) is 17.3 Å². The van der Waals surface area contributed by atoms with Gasteiger partial charge in [-0.05, 0) is 18.6 Å². The highest BCUT2D eigenvalue weighted by Gasteiger charge is 2.12. The minimum absolute atomic E-state index is 0.0478. The quantitative estimate of drug-likeness (QED) is 0.892. The molecular weight excluding hydrogens is 241 g/mol. The van der Waals surface area contributed by atoms with E-state index >= 15 is 0 Å². The van der Waals surface area contributed by atoms with Gasteiger partial charge in [0, 0.05) is 11.8 Å². The number of nitrogens with zero attached hydrogens (tertiary/aromatic N) is 2. The van der Waals surface area contributed by atoms with E-state index in [1.54, 1.807) is 18.2 Å². The third-order valence-electron chi connectivity index (χ3n) is 2.35. The Hall–Kier alpha value is -1.68. The fourth-order valence-corrected chi connectivity index (χ4v) is 1.67. The average molecular weight is 252 g/mol. The van der Waals surface area contributed by atoms with E-state index in [1.165, 1.54) is 6.07 Å². The molecule has 5 heteroatoms. The van der Waals surface area contributed by atoms with Crippen LogP contribution >= 0.6 is 11.6 Å². The summed E-state index contributed by atoms with van der Waals surface area (Å²) in [4.78, 5) is 8.26. The summed E-state index contributed by atoms with van der Waals surface area (Å²) < 4.78 is 13.8. The first-order chi connectivity index (χ1) is 8.11. The Morgan fingerprint density at radius 2 is 2.12 bits per heavy atom. The Balaban J connectivity index is 2.60. The van der Waals surface area contributed by atoms with Crippen LogP contribution in [0, 0.1) is 5.82 Å². The summed E-state index contributed by atoms with van der Waals surface area (Å²) in [5, 5.41) is 0.0478. The number of aryl methyl sites for hydroxylation is 1. The van der Waals surface area contributed by atoms with Gasteiger partial charge in [-0.3, -0.25) is 0 Å². The summed E-state index contributed by atoms with van der Waals surface area (Å²) >= 11 is 5.72. The third kappa shape index (κ3) is 2.36. The van der Waals surface area contributed by atoms with E-state index in [9.17, 15) is 4.39 Å². The largest absolute Gasteiger partial charge is 0.384 e. The van der Waals surface area contributed by atoms with Crippen molar-refractivity contribution in [1.29, 1.82) is 0 Å². The SMILES string of the molecule is CCc1cc(N)nc(-c2cccc(Cl)c2F)n1. The third-order valence-corrected chi connectivity index (χ3v) is 2.65. The van der Waals surface area contributed by atoms with E-state index in [0.717, 1.165) is 5.69 Å². The predicted octanol–water partition coefficient (Wildman–Crippen LogP) is 3.08. The first kappa shape index (κ1) is 11.8. The van der Waals surface area contributed by atoms with Crippen molar-refractivity contribution < 1.29 is 4.39 Å². The average Bonchev–Trinajstić information content (AvgIpc) is 2.31. The highest BCUT2D eigenvalue weighted by atomic mass is 35.5. The van der Waals surface area contributed by atoms with Gasteiger partial charge in [-0.15, -0.1) is 0 Å². The summed E-state index contributed by atoms with van der Waals surface area (Å²) in [6, 6.07) is 6.38. The number of rotatable bonds is 2. The number of nitrogens with two attached hydrogens (primary N) is 1. The molecule has 88 valence electrons. The minimum atomic E-state index is -0.526. The number of hydrogen-bond acceptors (Lipinski definition) is 3. The topological polar surface area (TPSA) is 51.8 Å². The highest BCUT2D eigenvalue weighted by Crippen LogP contribution is 2.25. The molecule has 1 aromatic carbocycles. The van der Waals surface area contributed by atoms with Crippen molar-refractivity contribution in [2.24, 2.45) is 0 Å². The second kappa shape index (κ2) is 4.67. The van der Waals surface area contributed by atoms with Crippen LogP contribution in [0.3, 0.4) is 0 Å². The van der Waals surface area contributed by atoms with E-state index < -0.39 is 5.82 Å². The lowest BCUT2D eigenvalue weighted by Crippen LogP contribution is -2.00. The van der Waals surface area contributed by atoms with E-state index in [0.29, 0.717) is 12.2 Å². The number of hydrogen-bond donors (Lipinski definition) is 1. The lowest BCUT2D eigenvalue weighted by atomic mass is 10.2. The van der Waals surface area contributed by atoms with Crippen LogP contribution in [0.2, 0.25) is 5.02 Å². The smallest absolute Gasteiger partial charge is 0.164 e. The normalized spacial score (nSPS) is 10.5. The molecule has 2 N–H and O–H groups in total. The Kier molecular flexibility index (Phi) is 3.24. The summed E-state index contributed by atoms with van der Waals surface area (Å²) in [7, 11) is 0. The van der Waals surface area contributed by atoms with E-state index in [-0.39, 0.29) is 16.4 Å². The zero-order valence-electron chi connectivity index (χ0n) is 9.24. The molecular formula is C12H11ClFN3. The molecule has 3 nitrogen and oxygen atoms in total. The van der Waals surface area contributed by atoms with Crippen LogP contribution in [0.5, 0.6) is 0 Å². The van der Waals surface area contributed by atoms with Crippen LogP contribution in [0.1, 0.15) is 12.6 Å². The minimum Gasteiger partial charge on any atom is -0.384 e. The Morgan fingerprint density at radius 1 is 1.35 bits per heavy atom. The molecule has 0 fully saturated rings. The maximum atomic E-state index is 13.8. The fourth-order valence-electron chi connectivity index (χ4n) is 1.50. The summed E-state index contributed by atoms with van der Waals surface area (Å²) in [5.74, 6) is 0.0647. The van der Waals surface area contributed by atoms with Gasteiger partial charge in [-0.25, -0.2) is 14.4 Å². The lowest BCUT2D eigenvalue weighted by Gasteiger charge is -2.06. The predicted molar refractivity (Wildman–Crippen MR) is 66.2 cm³/mol. The van der Waals surface area contributed by atoms with Crippen LogP contribution in [0.4, 0.5) is 10.2 Å². The summed E-state index contributed by atoms with van der Waals surface area (Å²) in [6.45, 7) is 1.94. The van der Waals surface area contributed by atoms with Crippen molar-refractivity contribution in [3.8, 4) is 11.4 Å². The van der Waals surface area contributed by atoms with Crippen molar-refractivity contribution in [2.45, 2.75) is 13.3 Å². The molecule has 0 aliphatic rings.